The summed E-state index contributed by atoms with van der Waals surface area (Å²) in [4.78, 5) is 17.4. The Morgan fingerprint density at radius 2 is 1.64 bits per heavy atom. The van der Waals surface area contributed by atoms with Crippen LogP contribution in [0.5, 0.6) is 0 Å². The lowest BCUT2D eigenvalue weighted by Gasteiger charge is -2.21. The summed E-state index contributed by atoms with van der Waals surface area (Å²) < 4.78 is 25.6. The quantitative estimate of drug-likeness (QED) is 0.793. The van der Waals surface area contributed by atoms with Gasteiger partial charge in [0.05, 0.1) is 4.90 Å². The van der Waals surface area contributed by atoms with Gasteiger partial charge in [0, 0.05) is 50.7 Å². The molecule has 0 N–H and O–H groups in total. The Labute approximate surface area is 166 Å². The summed E-state index contributed by atoms with van der Waals surface area (Å²) >= 11 is 0. The number of carbonyl (C=O) groups excluding carboxylic acids is 1. The number of nitrogens with zero attached hydrogens (tertiary/aromatic N) is 3. The topological polar surface area (TPSA) is 60.9 Å². The zero-order valence-electron chi connectivity index (χ0n) is 16.3. The summed E-state index contributed by atoms with van der Waals surface area (Å²) in [7, 11) is -0.512. The molecule has 2 aliphatic rings. The van der Waals surface area contributed by atoms with Gasteiger partial charge < -0.3 is 9.80 Å². The SMILES string of the molecule is CN(C)S(=O)(=O)c1ccc(C(=O)N2CCc3cc(N4CCCC4)ccc32)cc1. The first-order valence-corrected chi connectivity index (χ1v) is 11.0. The van der Waals surface area contributed by atoms with Gasteiger partial charge in [-0.3, -0.25) is 4.79 Å². The fraction of sp³-hybridized carbons (Fsp3) is 0.381. The smallest absolute Gasteiger partial charge is 0.258 e. The number of hydrogen-bond acceptors (Lipinski definition) is 4. The molecule has 0 saturated carbocycles. The summed E-state index contributed by atoms with van der Waals surface area (Å²) in [6.07, 6.45) is 3.32. The molecular weight excluding hydrogens is 374 g/mol. The van der Waals surface area contributed by atoms with E-state index in [0.29, 0.717) is 12.1 Å². The van der Waals surface area contributed by atoms with Gasteiger partial charge in [0.2, 0.25) is 10.0 Å². The Bertz CT molecular complexity index is 994. The van der Waals surface area contributed by atoms with Crippen LogP contribution in [0.15, 0.2) is 47.4 Å². The summed E-state index contributed by atoms with van der Waals surface area (Å²) in [6.45, 7) is 2.85. The third kappa shape index (κ3) is 3.29. The highest BCUT2D eigenvalue weighted by Crippen LogP contribution is 2.33. The molecule has 7 heteroatoms. The van der Waals surface area contributed by atoms with Gasteiger partial charge in [-0.25, -0.2) is 12.7 Å². The largest absolute Gasteiger partial charge is 0.372 e. The van der Waals surface area contributed by atoms with Crippen molar-refractivity contribution in [2.45, 2.75) is 24.2 Å². The Morgan fingerprint density at radius 1 is 0.964 bits per heavy atom. The first-order chi connectivity index (χ1) is 13.4. The molecule has 2 heterocycles. The lowest BCUT2D eigenvalue weighted by Crippen LogP contribution is -2.29. The van der Waals surface area contributed by atoms with Gasteiger partial charge in [0.25, 0.3) is 5.91 Å². The molecule has 2 aliphatic heterocycles. The molecule has 2 aromatic carbocycles. The third-order valence-corrected chi connectivity index (χ3v) is 7.38. The van der Waals surface area contributed by atoms with Gasteiger partial charge in [-0.05, 0) is 67.3 Å². The van der Waals surface area contributed by atoms with E-state index in [1.165, 1.54) is 54.6 Å². The molecule has 6 nitrogen and oxygen atoms in total. The minimum absolute atomic E-state index is 0.0959. The van der Waals surface area contributed by atoms with E-state index in [0.717, 1.165) is 25.2 Å². The maximum absolute atomic E-state index is 13.0. The monoisotopic (exact) mass is 399 g/mol. The van der Waals surface area contributed by atoms with E-state index < -0.39 is 10.0 Å². The lowest BCUT2D eigenvalue weighted by molar-refractivity contribution is 0.0989. The van der Waals surface area contributed by atoms with Gasteiger partial charge in [0.1, 0.15) is 0 Å². The Balaban J connectivity index is 1.56. The Hall–Kier alpha value is -2.38. The molecule has 1 amide bonds. The zero-order chi connectivity index (χ0) is 19.9. The van der Waals surface area contributed by atoms with Crippen LogP contribution in [0, 0.1) is 0 Å². The van der Waals surface area contributed by atoms with E-state index in [1.54, 1.807) is 17.0 Å². The number of fused-ring (bicyclic) bond motifs is 1. The molecule has 0 spiro atoms. The molecule has 4 rings (SSSR count). The molecule has 0 unspecified atom stereocenters. The van der Waals surface area contributed by atoms with E-state index >= 15 is 0 Å². The van der Waals surface area contributed by atoms with Gasteiger partial charge in [-0.1, -0.05) is 0 Å². The van der Waals surface area contributed by atoms with Crippen molar-refractivity contribution in [3.63, 3.8) is 0 Å². The number of amides is 1. The van der Waals surface area contributed by atoms with Gasteiger partial charge in [0.15, 0.2) is 0 Å². The Kier molecular flexibility index (Phi) is 4.89. The molecule has 0 aromatic heterocycles. The normalized spacial score (nSPS) is 16.7. The second kappa shape index (κ2) is 7.22. The molecule has 148 valence electrons. The number of sulfonamides is 1. The van der Waals surface area contributed by atoms with Crippen molar-refractivity contribution >= 4 is 27.3 Å². The number of hydrogen-bond donors (Lipinski definition) is 0. The highest BCUT2D eigenvalue weighted by atomic mass is 32.2. The van der Waals surface area contributed by atoms with Crippen LogP contribution in [0.25, 0.3) is 0 Å². The fourth-order valence-corrected chi connectivity index (χ4v) is 4.81. The zero-order valence-corrected chi connectivity index (χ0v) is 17.1. The molecular formula is C21H25N3O3S. The lowest BCUT2D eigenvalue weighted by atomic mass is 10.1. The standard InChI is InChI=1S/C21H25N3O3S/c1-22(2)28(26,27)19-8-5-16(6-9-19)21(25)24-14-11-17-15-18(7-10-20(17)24)23-12-3-4-13-23/h5-10,15H,3-4,11-14H2,1-2H3. The van der Waals surface area contributed by atoms with Crippen molar-refractivity contribution in [2.75, 3.05) is 43.5 Å². The van der Waals surface area contributed by atoms with Crippen LogP contribution in [0.3, 0.4) is 0 Å². The van der Waals surface area contributed by atoms with Crippen molar-refractivity contribution < 1.29 is 13.2 Å². The van der Waals surface area contributed by atoms with Crippen LogP contribution in [0.4, 0.5) is 11.4 Å². The van der Waals surface area contributed by atoms with Crippen LogP contribution in [-0.4, -0.2) is 52.4 Å². The predicted octanol–water partition coefficient (Wildman–Crippen LogP) is 2.74. The third-order valence-electron chi connectivity index (χ3n) is 5.55. The van der Waals surface area contributed by atoms with Crippen molar-refractivity contribution in [2.24, 2.45) is 0 Å². The van der Waals surface area contributed by atoms with Crippen LogP contribution in [0.1, 0.15) is 28.8 Å². The summed E-state index contributed by atoms with van der Waals surface area (Å²) in [5.41, 5.74) is 3.89. The average Bonchev–Trinajstić information content (AvgIpc) is 3.36. The maximum Gasteiger partial charge on any atom is 0.258 e. The molecule has 0 atom stereocenters. The first kappa shape index (κ1) is 19.0. The second-order valence-electron chi connectivity index (χ2n) is 7.53. The van der Waals surface area contributed by atoms with E-state index in [9.17, 15) is 13.2 Å². The van der Waals surface area contributed by atoms with E-state index in [2.05, 4.69) is 17.0 Å². The maximum atomic E-state index is 13.0. The molecule has 1 saturated heterocycles. The van der Waals surface area contributed by atoms with E-state index in [-0.39, 0.29) is 10.8 Å². The number of benzene rings is 2. The number of carbonyl (C=O) groups is 1. The molecule has 2 aromatic rings. The van der Waals surface area contributed by atoms with Gasteiger partial charge >= 0.3 is 0 Å². The van der Waals surface area contributed by atoms with Crippen molar-refractivity contribution in [1.82, 2.24) is 4.31 Å². The molecule has 1 fully saturated rings. The van der Waals surface area contributed by atoms with E-state index in [1.807, 2.05) is 6.07 Å². The predicted molar refractivity (Wildman–Crippen MR) is 111 cm³/mol. The average molecular weight is 400 g/mol. The molecule has 0 aliphatic carbocycles. The minimum Gasteiger partial charge on any atom is -0.372 e. The van der Waals surface area contributed by atoms with Crippen molar-refractivity contribution in [3.05, 3.63) is 53.6 Å². The van der Waals surface area contributed by atoms with E-state index in [4.69, 9.17) is 0 Å². The van der Waals surface area contributed by atoms with Crippen LogP contribution in [-0.2, 0) is 16.4 Å². The summed E-state index contributed by atoms with van der Waals surface area (Å²) in [5, 5.41) is 0. The highest BCUT2D eigenvalue weighted by molar-refractivity contribution is 7.89. The highest BCUT2D eigenvalue weighted by Gasteiger charge is 2.27. The fourth-order valence-electron chi connectivity index (χ4n) is 3.91. The number of rotatable bonds is 4. The Morgan fingerprint density at radius 3 is 2.29 bits per heavy atom. The molecule has 0 radical (unpaired) electrons. The van der Waals surface area contributed by atoms with Crippen molar-refractivity contribution in [3.8, 4) is 0 Å². The summed E-state index contributed by atoms with van der Waals surface area (Å²) in [6, 6.07) is 12.5. The summed E-state index contributed by atoms with van der Waals surface area (Å²) in [5.74, 6) is -0.0959. The minimum atomic E-state index is -3.50. The van der Waals surface area contributed by atoms with Crippen LogP contribution in [0.2, 0.25) is 0 Å². The second-order valence-corrected chi connectivity index (χ2v) is 9.68. The molecule has 28 heavy (non-hydrogen) atoms. The van der Waals surface area contributed by atoms with Gasteiger partial charge in [-0.2, -0.15) is 0 Å². The molecule has 0 bridgehead atoms. The first-order valence-electron chi connectivity index (χ1n) is 9.60. The van der Waals surface area contributed by atoms with Crippen LogP contribution >= 0.6 is 0 Å². The van der Waals surface area contributed by atoms with Gasteiger partial charge in [-0.15, -0.1) is 0 Å². The number of anilines is 2. The van der Waals surface area contributed by atoms with Crippen molar-refractivity contribution in [1.29, 1.82) is 0 Å². The van der Waals surface area contributed by atoms with Crippen LogP contribution < -0.4 is 9.80 Å².